The van der Waals surface area contributed by atoms with Crippen molar-refractivity contribution in [2.45, 2.75) is 45.6 Å². The first-order chi connectivity index (χ1) is 15.0. The summed E-state index contributed by atoms with van der Waals surface area (Å²) in [5.41, 5.74) is 1.60. The second-order valence-corrected chi connectivity index (χ2v) is 8.08. The highest BCUT2D eigenvalue weighted by Gasteiger charge is 2.21. The van der Waals surface area contributed by atoms with Crippen molar-refractivity contribution in [3.8, 4) is 5.75 Å². The van der Waals surface area contributed by atoms with Gasteiger partial charge in [0, 0.05) is 18.7 Å². The summed E-state index contributed by atoms with van der Waals surface area (Å²) in [5.74, 6) is 0.373. The molecule has 1 saturated heterocycles. The van der Waals surface area contributed by atoms with Crippen molar-refractivity contribution < 1.29 is 14.3 Å². The Morgan fingerprint density at radius 3 is 2.42 bits per heavy atom. The van der Waals surface area contributed by atoms with E-state index >= 15 is 0 Å². The number of likely N-dealkylation sites (tertiary alicyclic amines) is 1. The minimum atomic E-state index is -0.326. The first-order valence-corrected chi connectivity index (χ1v) is 11.2. The Morgan fingerprint density at radius 2 is 1.74 bits per heavy atom. The van der Waals surface area contributed by atoms with Gasteiger partial charge in [-0.2, -0.15) is 0 Å². The second-order valence-electron chi connectivity index (χ2n) is 7.67. The summed E-state index contributed by atoms with van der Waals surface area (Å²) < 4.78 is 5.74. The Kier molecular flexibility index (Phi) is 8.00. The maximum absolute atomic E-state index is 12.9. The molecule has 1 aliphatic heterocycles. The number of carbonyl (C=O) groups excluding carboxylic acids is 2. The van der Waals surface area contributed by atoms with Crippen molar-refractivity contribution in [3.05, 3.63) is 59.7 Å². The molecule has 0 spiro atoms. The van der Waals surface area contributed by atoms with Crippen LogP contribution in [0.25, 0.3) is 0 Å². The number of nitrogens with one attached hydrogen (secondary N) is 2. The lowest BCUT2D eigenvalue weighted by Crippen LogP contribution is -2.37. The Balaban J connectivity index is 1.62. The van der Waals surface area contributed by atoms with Gasteiger partial charge in [-0.3, -0.25) is 14.9 Å². The number of anilines is 1. The molecule has 3 rings (SSSR count). The fraction of sp³-hybridized carbons (Fsp3) is 0.375. The van der Waals surface area contributed by atoms with Gasteiger partial charge in [-0.1, -0.05) is 19.1 Å². The maximum atomic E-state index is 12.9. The van der Waals surface area contributed by atoms with E-state index in [2.05, 4.69) is 17.6 Å². The number of amides is 2. The molecule has 1 unspecified atom stereocenters. The van der Waals surface area contributed by atoms with E-state index in [9.17, 15) is 9.59 Å². The van der Waals surface area contributed by atoms with Crippen molar-refractivity contribution in [1.29, 1.82) is 0 Å². The van der Waals surface area contributed by atoms with Crippen LogP contribution in [-0.4, -0.2) is 41.0 Å². The Morgan fingerprint density at radius 1 is 1.06 bits per heavy atom. The summed E-state index contributed by atoms with van der Waals surface area (Å²) in [5, 5.41) is 5.82. The predicted octanol–water partition coefficient (Wildman–Crippen LogP) is 4.62. The minimum Gasteiger partial charge on any atom is -0.491 e. The molecule has 2 N–H and O–H groups in total. The quantitative estimate of drug-likeness (QED) is 0.643. The molecular weight excluding hydrogens is 410 g/mol. The summed E-state index contributed by atoms with van der Waals surface area (Å²) in [7, 11) is 0. The Hall–Kier alpha value is -2.93. The molecule has 164 valence electrons. The SMILES string of the molecule is CCC(C)Oc1ccc(C(=O)NC(=S)Nc2ccccc2C(=O)N2CCCCC2)cc1. The zero-order valence-electron chi connectivity index (χ0n) is 18.0. The van der Waals surface area contributed by atoms with Crippen LogP contribution in [0.4, 0.5) is 5.69 Å². The normalized spacial score (nSPS) is 14.5. The van der Waals surface area contributed by atoms with Crippen LogP contribution in [0.5, 0.6) is 5.75 Å². The van der Waals surface area contributed by atoms with Crippen molar-refractivity contribution in [3.63, 3.8) is 0 Å². The number of rotatable bonds is 6. The molecule has 1 atom stereocenters. The molecule has 0 saturated carbocycles. The number of nitrogens with zero attached hydrogens (tertiary/aromatic N) is 1. The standard InChI is InChI=1S/C24H29N3O3S/c1-3-17(2)30-19-13-11-18(12-14-19)22(28)26-24(31)25-21-10-6-5-9-20(21)23(29)27-15-7-4-8-16-27/h5-6,9-14,17H,3-4,7-8,15-16H2,1-2H3,(H2,25,26,28,31). The number of ether oxygens (including phenoxy) is 1. The molecule has 0 aliphatic carbocycles. The third-order valence-electron chi connectivity index (χ3n) is 5.30. The Labute approximate surface area is 189 Å². The Bertz CT molecular complexity index is 924. The van der Waals surface area contributed by atoms with Gasteiger partial charge in [0.2, 0.25) is 0 Å². The zero-order chi connectivity index (χ0) is 22.2. The molecular formula is C24H29N3O3S. The number of piperidine rings is 1. The number of hydrogen-bond acceptors (Lipinski definition) is 4. The van der Waals surface area contributed by atoms with Crippen molar-refractivity contribution >= 4 is 34.8 Å². The molecule has 31 heavy (non-hydrogen) atoms. The van der Waals surface area contributed by atoms with Gasteiger partial charge >= 0.3 is 0 Å². The molecule has 0 aromatic heterocycles. The molecule has 7 heteroatoms. The van der Waals surface area contributed by atoms with Crippen LogP contribution < -0.4 is 15.4 Å². The van der Waals surface area contributed by atoms with Crippen LogP contribution in [-0.2, 0) is 0 Å². The van der Waals surface area contributed by atoms with Crippen LogP contribution in [0.2, 0.25) is 0 Å². The lowest BCUT2D eigenvalue weighted by molar-refractivity contribution is 0.0725. The van der Waals surface area contributed by atoms with Gasteiger partial charge in [0.25, 0.3) is 11.8 Å². The molecule has 2 amide bonds. The molecule has 1 heterocycles. The van der Waals surface area contributed by atoms with Crippen molar-refractivity contribution in [2.24, 2.45) is 0 Å². The minimum absolute atomic E-state index is 0.0196. The first kappa shape index (κ1) is 22.7. The average molecular weight is 440 g/mol. The fourth-order valence-electron chi connectivity index (χ4n) is 3.38. The van der Waals surface area contributed by atoms with Gasteiger partial charge in [-0.25, -0.2) is 0 Å². The molecule has 1 aliphatic rings. The van der Waals surface area contributed by atoms with Crippen LogP contribution in [0.3, 0.4) is 0 Å². The van der Waals surface area contributed by atoms with Crippen LogP contribution >= 0.6 is 12.2 Å². The smallest absolute Gasteiger partial charge is 0.257 e. The van der Waals surface area contributed by atoms with E-state index in [1.807, 2.05) is 24.0 Å². The number of para-hydroxylation sites is 1. The van der Waals surface area contributed by atoms with Gasteiger partial charge in [0.05, 0.1) is 17.4 Å². The summed E-state index contributed by atoms with van der Waals surface area (Å²) in [6, 6.07) is 14.2. The summed E-state index contributed by atoms with van der Waals surface area (Å²) >= 11 is 5.32. The van der Waals surface area contributed by atoms with E-state index in [-0.39, 0.29) is 23.0 Å². The molecule has 2 aromatic carbocycles. The van der Waals surface area contributed by atoms with Crippen LogP contribution in [0, 0.1) is 0 Å². The summed E-state index contributed by atoms with van der Waals surface area (Å²) in [6.07, 6.45) is 4.23. The molecule has 0 radical (unpaired) electrons. The fourth-order valence-corrected chi connectivity index (χ4v) is 3.58. The van der Waals surface area contributed by atoms with Crippen LogP contribution in [0.1, 0.15) is 60.2 Å². The van der Waals surface area contributed by atoms with E-state index in [0.717, 1.165) is 44.5 Å². The molecule has 0 bridgehead atoms. The van der Waals surface area contributed by atoms with Crippen molar-refractivity contribution in [1.82, 2.24) is 10.2 Å². The lowest BCUT2D eigenvalue weighted by atomic mass is 10.1. The third kappa shape index (κ3) is 6.28. The highest BCUT2D eigenvalue weighted by atomic mass is 32.1. The van der Waals surface area contributed by atoms with Crippen LogP contribution in [0.15, 0.2) is 48.5 Å². The number of hydrogen-bond donors (Lipinski definition) is 2. The van der Waals surface area contributed by atoms with E-state index in [1.165, 1.54) is 0 Å². The second kappa shape index (κ2) is 10.9. The van der Waals surface area contributed by atoms with E-state index in [0.29, 0.717) is 16.8 Å². The van der Waals surface area contributed by atoms with E-state index in [4.69, 9.17) is 17.0 Å². The van der Waals surface area contributed by atoms with Gasteiger partial charge in [0.1, 0.15) is 5.75 Å². The van der Waals surface area contributed by atoms with E-state index < -0.39 is 0 Å². The van der Waals surface area contributed by atoms with E-state index in [1.54, 1.807) is 36.4 Å². The van der Waals surface area contributed by atoms with Crippen molar-refractivity contribution in [2.75, 3.05) is 18.4 Å². The number of benzene rings is 2. The third-order valence-corrected chi connectivity index (χ3v) is 5.51. The van der Waals surface area contributed by atoms with Gasteiger partial charge < -0.3 is 15.0 Å². The summed E-state index contributed by atoms with van der Waals surface area (Å²) in [6.45, 7) is 5.59. The summed E-state index contributed by atoms with van der Waals surface area (Å²) in [4.78, 5) is 27.3. The van der Waals surface area contributed by atoms with Gasteiger partial charge in [0.15, 0.2) is 5.11 Å². The molecule has 1 fully saturated rings. The number of carbonyl (C=O) groups is 2. The molecule has 6 nitrogen and oxygen atoms in total. The van der Waals surface area contributed by atoms with Gasteiger partial charge in [-0.15, -0.1) is 0 Å². The highest BCUT2D eigenvalue weighted by molar-refractivity contribution is 7.80. The largest absolute Gasteiger partial charge is 0.491 e. The lowest BCUT2D eigenvalue weighted by Gasteiger charge is -2.27. The average Bonchev–Trinajstić information content (AvgIpc) is 2.79. The highest BCUT2D eigenvalue weighted by Crippen LogP contribution is 2.20. The number of thiocarbonyl (C=S) groups is 1. The first-order valence-electron chi connectivity index (χ1n) is 10.7. The topological polar surface area (TPSA) is 70.7 Å². The monoisotopic (exact) mass is 439 g/mol. The molecule has 2 aromatic rings. The maximum Gasteiger partial charge on any atom is 0.257 e. The zero-order valence-corrected chi connectivity index (χ0v) is 18.8. The van der Waals surface area contributed by atoms with Gasteiger partial charge in [-0.05, 0) is 81.2 Å². The predicted molar refractivity (Wildman–Crippen MR) is 127 cm³/mol.